The van der Waals surface area contributed by atoms with Crippen LogP contribution in [0.15, 0.2) is 0 Å². The lowest BCUT2D eigenvalue weighted by Gasteiger charge is -2.34. The molecule has 1 atom stereocenters. The van der Waals surface area contributed by atoms with Crippen molar-refractivity contribution in [1.29, 1.82) is 0 Å². The van der Waals surface area contributed by atoms with Crippen LogP contribution < -0.4 is 5.32 Å². The fourth-order valence-corrected chi connectivity index (χ4v) is 1.86. The van der Waals surface area contributed by atoms with Gasteiger partial charge in [-0.3, -0.25) is 4.90 Å². The molecule has 1 aliphatic rings. The first kappa shape index (κ1) is 11.0. The van der Waals surface area contributed by atoms with Gasteiger partial charge in [-0.1, -0.05) is 0 Å². The Morgan fingerprint density at radius 1 is 1.46 bits per heavy atom. The van der Waals surface area contributed by atoms with Gasteiger partial charge in [0.25, 0.3) is 0 Å². The first-order valence-electron chi connectivity index (χ1n) is 4.98. The van der Waals surface area contributed by atoms with Crippen molar-refractivity contribution in [2.45, 2.75) is 38.3 Å². The minimum absolute atomic E-state index is 0.0622. The van der Waals surface area contributed by atoms with Crippen molar-refractivity contribution in [3.63, 3.8) is 0 Å². The quantitative estimate of drug-likeness (QED) is 0.657. The van der Waals surface area contributed by atoms with Gasteiger partial charge < -0.3 is 10.4 Å². The second-order valence-corrected chi connectivity index (χ2v) is 5.03. The summed E-state index contributed by atoms with van der Waals surface area (Å²) in [5, 5.41) is 12.5. The molecule has 1 aliphatic heterocycles. The summed E-state index contributed by atoms with van der Waals surface area (Å²) < 4.78 is 0. The monoisotopic (exact) mass is 186 g/mol. The molecule has 0 aromatic rings. The van der Waals surface area contributed by atoms with Gasteiger partial charge >= 0.3 is 0 Å². The third-order valence-electron chi connectivity index (χ3n) is 3.14. The Bertz CT molecular complexity index is 170. The Morgan fingerprint density at radius 2 is 2.08 bits per heavy atom. The highest BCUT2D eigenvalue weighted by molar-refractivity contribution is 4.99. The van der Waals surface area contributed by atoms with Crippen molar-refractivity contribution < 1.29 is 5.11 Å². The number of hydrogen-bond donors (Lipinski definition) is 2. The first-order chi connectivity index (χ1) is 5.93. The standard InChI is InChI=1S/C10H22N2O/c1-9(2,3)12-6-5-10(7-12,8-13)11-4/h11,13H,5-8H2,1-4H3. The molecular formula is C10H22N2O. The first-order valence-corrected chi connectivity index (χ1v) is 4.98. The van der Waals surface area contributed by atoms with Gasteiger partial charge in [-0.25, -0.2) is 0 Å². The lowest BCUT2D eigenvalue weighted by atomic mass is 10.00. The minimum Gasteiger partial charge on any atom is -0.394 e. The van der Waals surface area contributed by atoms with E-state index < -0.39 is 0 Å². The van der Waals surface area contributed by atoms with Crippen LogP contribution in [0.2, 0.25) is 0 Å². The molecule has 0 saturated carbocycles. The van der Waals surface area contributed by atoms with Crippen molar-refractivity contribution in [2.24, 2.45) is 0 Å². The molecule has 0 bridgehead atoms. The zero-order chi connectivity index (χ0) is 10.1. The fourth-order valence-electron chi connectivity index (χ4n) is 1.86. The summed E-state index contributed by atoms with van der Waals surface area (Å²) in [7, 11) is 1.93. The summed E-state index contributed by atoms with van der Waals surface area (Å²) in [6.07, 6.45) is 1.04. The van der Waals surface area contributed by atoms with Crippen LogP contribution in [0.25, 0.3) is 0 Å². The van der Waals surface area contributed by atoms with Gasteiger partial charge in [0.05, 0.1) is 12.1 Å². The maximum Gasteiger partial charge on any atom is 0.0626 e. The average molecular weight is 186 g/mol. The molecule has 0 aromatic carbocycles. The summed E-state index contributed by atoms with van der Waals surface area (Å²) in [5.74, 6) is 0. The lowest BCUT2D eigenvalue weighted by Crippen LogP contribution is -2.51. The molecule has 1 heterocycles. The molecular weight excluding hydrogens is 164 g/mol. The minimum atomic E-state index is -0.0622. The van der Waals surface area contributed by atoms with E-state index in [0.29, 0.717) is 0 Å². The van der Waals surface area contributed by atoms with Gasteiger partial charge in [-0.05, 0) is 34.2 Å². The normalized spacial score (nSPS) is 31.2. The van der Waals surface area contributed by atoms with E-state index in [1.165, 1.54) is 0 Å². The highest BCUT2D eigenvalue weighted by Crippen LogP contribution is 2.26. The maximum atomic E-state index is 9.31. The molecule has 3 nitrogen and oxygen atoms in total. The van der Waals surface area contributed by atoms with Gasteiger partial charge in [0.1, 0.15) is 0 Å². The van der Waals surface area contributed by atoms with Crippen LogP contribution in [0.4, 0.5) is 0 Å². The maximum absolute atomic E-state index is 9.31. The predicted molar refractivity (Wildman–Crippen MR) is 54.8 cm³/mol. The van der Waals surface area contributed by atoms with Crippen molar-refractivity contribution in [1.82, 2.24) is 10.2 Å². The largest absolute Gasteiger partial charge is 0.394 e. The fraction of sp³-hybridized carbons (Fsp3) is 1.00. The number of likely N-dealkylation sites (tertiary alicyclic amines) is 1. The highest BCUT2D eigenvalue weighted by Gasteiger charge is 2.39. The van der Waals surface area contributed by atoms with E-state index in [1.54, 1.807) is 0 Å². The molecule has 1 rings (SSSR count). The zero-order valence-corrected chi connectivity index (χ0v) is 9.22. The van der Waals surface area contributed by atoms with Crippen molar-refractivity contribution >= 4 is 0 Å². The van der Waals surface area contributed by atoms with Gasteiger partial charge in [-0.15, -0.1) is 0 Å². The van der Waals surface area contributed by atoms with E-state index in [0.717, 1.165) is 19.5 Å². The van der Waals surface area contributed by atoms with Gasteiger partial charge in [0.15, 0.2) is 0 Å². The summed E-state index contributed by atoms with van der Waals surface area (Å²) >= 11 is 0. The Labute approximate surface area is 81.1 Å². The Kier molecular flexibility index (Phi) is 3.00. The smallest absolute Gasteiger partial charge is 0.0626 e. The van der Waals surface area contributed by atoms with Crippen LogP contribution >= 0.6 is 0 Å². The van der Waals surface area contributed by atoms with Crippen molar-refractivity contribution in [3.05, 3.63) is 0 Å². The Balaban J connectivity index is 2.62. The van der Waals surface area contributed by atoms with Crippen LogP contribution in [0.1, 0.15) is 27.2 Å². The van der Waals surface area contributed by atoms with Gasteiger partial charge in [0, 0.05) is 18.6 Å². The van der Waals surface area contributed by atoms with Crippen molar-refractivity contribution in [3.8, 4) is 0 Å². The third-order valence-corrected chi connectivity index (χ3v) is 3.14. The molecule has 0 spiro atoms. The molecule has 1 fully saturated rings. The number of aliphatic hydroxyl groups is 1. The van der Waals surface area contributed by atoms with Gasteiger partial charge in [0.2, 0.25) is 0 Å². The summed E-state index contributed by atoms with van der Waals surface area (Å²) in [4.78, 5) is 2.42. The zero-order valence-electron chi connectivity index (χ0n) is 9.22. The second-order valence-electron chi connectivity index (χ2n) is 5.03. The lowest BCUT2D eigenvalue weighted by molar-refractivity contribution is 0.129. The summed E-state index contributed by atoms with van der Waals surface area (Å²) in [5.41, 5.74) is 0.154. The van der Waals surface area contributed by atoms with Crippen molar-refractivity contribution in [2.75, 3.05) is 26.7 Å². The van der Waals surface area contributed by atoms with Crippen LogP contribution in [0.3, 0.4) is 0 Å². The van der Waals surface area contributed by atoms with Crippen LogP contribution in [-0.2, 0) is 0 Å². The second kappa shape index (κ2) is 3.56. The predicted octanol–water partition coefficient (Wildman–Crippen LogP) is 0.441. The van der Waals surface area contributed by atoms with E-state index in [-0.39, 0.29) is 17.7 Å². The molecule has 1 saturated heterocycles. The number of nitrogens with zero attached hydrogens (tertiary/aromatic N) is 1. The molecule has 78 valence electrons. The third kappa shape index (κ3) is 2.22. The van der Waals surface area contributed by atoms with Crippen LogP contribution in [0, 0.1) is 0 Å². The molecule has 0 radical (unpaired) electrons. The number of rotatable bonds is 2. The van der Waals surface area contributed by atoms with Crippen LogP contribution in [-0.4, -0.2) is 47.8 Å². The average Bonchev–Trinajstić information content (AvgIpc) is 2.48. The highest BCUT2D eigenvalue weighted by atomic mass is 16.3. The molecule has 0 amide bonds. The number of likely N-dealkylation sites (N-methyl/N-ethyl adjacent to an activating group) is 1. The van der Waals surface area contributed by atoms with E-state index in [4.69, 9.17) is 0 Å². The number of aliphatic hydroxyl groups excluding tert-OH is 1. The molecule has 3 heteroatoms. The van der Waals surface area contributed by atoms with E-state index in [2.05, 4.69) is 31.0 Å². The SMILES string of the molecule is CNC1(CO)CCN(C(C)(C)C)C1. The molecule has 13 heavy (non-hydrogen) atoms. The topological polar surface area (TPSA) is 35.5 Å². The number of nitrogens with one attached hydrogen (secondary N) is 1. The Hall–Kier alpha value is -0.120. The Morgan fingerprint density at radius 3 is 2.31 bits per heavy atom. The summed E-state index contributed by atoms with van der Waals surface area (Å²) in [6.45, 7) is 8.91. The molecule has 0 aromatic heterocycles. The van der Waals surface area contributed by atoms with Crippen LogP contribution in [0.5, 0.6) is 0 Å². The van der Waals surface area contributed by atoms with E-state index >= 15 is 0 Å². The van der Waals surface area contributed by atoms with E-state index in [9.17, 15) is 5.11 Å². The number of hydrogen-bond acceptors (Lipinski definition) is 3. The molecule has 2 N–H and O–H groups in total. The van der Waals surface area contributed by atoms with E-state index in [1.807, 2.05) is 7.05 Å². The molecule has 1 unspecified atom stereocenters. The molecule has 0 aliphatic carbocycles. The summed E-state index contributed by atoms with van der Waals surface area (Å²) in [6, 6.07) is 0. The van der Waals surface area contributed by atoms with Gasteiger partial charge in [-0.2, -0.15) is 0 Å².